The van der Waals surface area contributed by atoms with Crippen molar-refractivity contribution in [2.75, 3.05) is 0 Å². The highest BCUT2D eigenvalue weighted by Gasteiger charge is 1.80. The van der Waals surface area contributed by atoms with Crippen LogP contribution in [0.1, 0.15) is 0 Å². The minimum Gasteiger partial charge on any atom is -0.291 e. The van der Waals surface area contributed by atoms with Crippen LogP contribution in [0.4, 0.5) is 0 Å². The van der Waals surface area contributed by atoms with Crippen molar-refractivity contribution < 1.29 is 25.2 Å². The van der Waals surface area contributed by atoms with Crippen LogP contribution in [0, 0.1) is 0 Å². The third-order valence-corrected chi connectivity index (χ3v) is 0.258. The third kappa shape index (κ3) is 7.64. The van der Waals surface area contributed by atoms with Gasteiger partial charge >= 0.3 is 0 Å². The lowest BCUT2D eigenvalue weighted by Gasteiger charge is -2.01. The molecule has 0 atom stereocenters. The zero-order valence-electron chi connectivity index (χ0n) is 4.12. The molecule has 0 heterocycles. The van der Waals surface area contributed by atoms with E-state index in [1.54, 1.807) is 11.3 Å². The van der Waals surface area contributed by atoms with Crippen molar-refractivity contribution >= 4 is 0 Å². The third-order valence-electron chi connectivity index (χ3n) is 0.258. The predicted octanol–water partition coefficient (Wildman–Crippen LogP) is -2.34. The van der Waals surface area contributed by atoms with Gasteiger partial charge in [0.25, 0.3) is 0 Å². The lowest BCUT2D eigenvalue weighted by atomic mass is 12.9. The summed E-state index contributed by atoms with van der Waals surface area (Å²) in [6, 6.07) is 0. The van der Waals surface area contributed by atoms with Crippen molar-refractivity contribution in [2.24, 2.45) is 0 Å². The van der Waals surface area contributed by atoms with E-state index in [-0.39, 0.29) is 0 Å². The molecule has 9 heavy (non-hydrogen) atoms. The first-order chi connectivity index (χ1) is 4.41. The summed E-state index contributed by atoms with van der Waals surface area (Å²) in [6.07, 6.45) is 0. The molecule has 0 rings (SSSR count). The van der Waals surface area contributed by atoms with E-state index in [1.807, 2.05) is 0 Å². The highest BCUT2D eigenvalue weighted by molar-refractivity contribution is 3.61. The summed E-state index contributed by atoms with van der Waals surface area (Å²) < 4.78 is 0. The van der Waals surface area contributed by atoms with Gasteiger partial charge in [0.2, 0.25) is 0 Å². The van der Waals surface area contributed by atoms with Gasteiger partial charge in [-0.2, -0.15) is 14.8 Å². The summed E-state index contributed by atoms with van der Waals surface area (Å²) in [6.45, 7) is 0. The maximum atomic E-state index is 7.67. The molecule has 0 bridgehead atoms. The second kappa shape index (κ2) is 7.64. The van der Waals surface area contributed by atoms with Crippen LogP contribution in [0.25, 0.3) is 0 Å². The van der Waals surface area contributed by atoms with Gasteiger partial charge in [0.15, 0.2) is 0 Å². The Balaban J connectivity index is 2.60. The van der Waals surface area contributed by atoms with E-state index in [4.69, 9.17) is 10.4 Å². The van der Waals surface area contributed by atoms with E-state index in [0.717, 1.165) is 0 Å². The largest absolute Gasteiger partial charge is 0.291 e. The Labute approximate surface area is 49.1 Å². The van der Waals surface area contributed by atoms with Gasteiger partial charge in [0.05, 0.1) is 0 Å². The van der Waals surface area contributed by atoms with E-state index in [9.17, 15) is 0 Å². The molecule has 0 unspecified atom stereocenters. The Hall–Kier alpha value is -0.360. The summed E-state index contributed by atoms with van der Waals surface area (Å²) in [5.41, 5.74) is 5.70. The molecule has 0 amide bonds. The van der Waals surface area contributed by atoms with E-state index in [2.05, 4.69) is 14.8 Å². The summed E-state index contributed by atoms with van der Waals surface area (Å²) >= 11 is 0. The maximum absolute atomic E-state index is 7.67. The van der Waals surface area contributed by atoms with Gasteiger partial charge in [-0.3, -0.25) is 10.4 Å². The van der Waals surface area contributed by atoms with Crippen molar-refractivity contribution in [3.63, 3.8) is 0 Å². The van der Waals surface area contributed by atoms with Crippen LogP contribution in [0.2, 0.25) is 0 Å². The molecule has 9 heteroatoms. The smallest absolute Gasteiger partial charge is 0.0349 e. The first-order valence-corrected chi connectivity index (χ1v) is 1.67. The van der Waals surface area contributed by atoms with Crippen molar-refractivity contribution in [2.45, 2.75) is 0 Å². The van der Waals surface area contributed by atoms with Crippen LogP contribution < -0.4 is 22.6 Å². The first-order valence-electron chi connectivity index (χ1n) is 1.67. The molecule has 0 saturated carbocycles. The standard InChI is InChI=1S/H6N4O5/c5-1-7-3-9-4-8-2-6/h1-6H. The Kier molecular flexibility index (Phi) is 7.33. The van der Waals surface area contributed by atoms with Crippen molar-refractivity contribution in [1.29, 1.82) is 0 Å². The zero-order valence-corrected chi connectivity index (χ0v) is 4.12. The molecule has 0 aromatic carbocycles. The molecule has 56 valence electrons. The van der Waals surface area contributed by atoms with Gasteiger partial charge in [0.1, 0.15) is 0 Å². The molecular formula is H6N4O5. The SMILES string of the molecule is ONONONONO. The Bertz CT molecular complexity index is 42.2. The van der Waals surface area contributed by atoms with Crippen molar-refractivity contribution in [3.8, 4) is 0 Å². The number of hydrogen-bond donors (Lipinski definition) is 6. The number of rotatable bonds is 6. The topological polar surface area (TPSA) is 116 Å². The fraction of sp³-hybridized carbons (Fsp3) is 0. The quantitative estimate of drug-likeness (QED) is 0.179. The van der Waals surface area contributed by atoms with Crippen LogP contribution in [0.5, 0.6) is 0 Å². The van der Waals surface area contributed by atoms with Crippen LogP contribution in [-0.4, -0.2) is 10.4 Å². The van der Waals surface area contributed by atoms with Gasteiger partial charge in [-0.15, -0.1) is 0 Å². The summed E-state index contributed by atoms with van der Waals surface area (Å²) in [4.78, 5) is 11.4. The van der Waals surface area contributed by atoms with Crippen molar-refractivity contribution in [3.05, 3.63) is 0 Å². The molecule has 0 fully saturated rings. The summed E-state index contributed by atoms with van der Waals surface area (Å²) in [5.74, 6) is 0. The van der Waals surface area contributed by atoms with Gasteiger partial charge in [-0.05, 0) is 11.3 Å². The monoisotopic (exact) mass is 142 g/mol. The van der Waals surface area contributed by atoms with Crippen LogP contribution >= 0.6 is 0 Å². The molecule has 0 aliphatic heterocycles. The summed E-state index contributed by atoms with van der Waals surface area (Å²) in [7, 11) is 0. The van der Waals surface area contributed by atoms with Crippen LogP contribution in [0.15, 0.2) is 0 Å². The van der Waals surface area contributed by atoms with E-state index < -0.39 is 0 Å². The Morgan fingerprint density at radius 2 is 1.22 bits per heavy atom. The second-order valence-corrected chi connectivity index (χ2v) is 0.655. The fourth-order valence-electron chi connectivity index (χ4n) is 0.0959. The summed E-state index contributed by atoms with van der Waals surface area (Å²) in [5, 5.41) is 15.3. The maximum Gasteiger partial charge on any atom is -0.0349 e. The average Bonchev–Trinajstić information content (AvgIpc) is 1.89. The molecule has 6 N–H and O–H groups in total. The van der Waals surface area contributed by atoms with Crippen molar-refractivity contribution in [1.82, 2.24) is 22.6 Å². The number of nitrogens with one attached hydrogen (secondary N) is 4. The molecule has 0 aromatic rings. The Morgan fingerprint density at radius 3 is 1.56 bits per heavy atom. The van der Waals surface area contributed by atoms with E-state index >= 15 is 0 Å². The zero-order chi connectivity index (χ0) is 6.95. The first kappa shape index (κ1) is 8.64. The minimum absolute atomic E-state index is 1.23. The van der Waals surface area contributed by atoms with Gasteiger partial charge in [0, 0.05) is 0 Å². The molecule has 0 aliphatic carbocycles. The molecule has 9 nitrogen and oxygen atoms in total. The Morgan fingerprint density at radius 1 is 0.778 bits per heavy atom. The predicted molar refractivity (Wildman–Crippen MR) is 19.4 cm³/mol. The molecule has 0 aliphatic rings. The molecule has 0 radical (unpaired) electrons. The highest BCUT2D eigenvalue weighted by Crippen LogP contribution is 1.54. The van der Waals surface area contributed by atoms with Gasteiger partial charge in [-0.25, -0.2) is 0 Å². The van der Waals surface area contributed by atoms with Crippen LogP contribution in [-0.2, 0) is 14.8 Å². The average molecular weight is 142 g/mol. The van der Waals surface area contributed by atoms with Crippen LogP contribution in [0.3, 0.4) is 0 Å². The molecule has 0 spiro atoms. The van der Waals surface area contributed by atoms with Gasteiger partial charge in [-0.1, -0.05) is 11.3 Å². The van der Waals surface area contributed by atoms with E-state index in [1.165, 1.54) is 11.3 Å². The highest BCUT2D eigenvalue weighted by atomic mass is 17.2. The minimum atomic E-state index is 1.23. The second-order valence-electron chi connectivity index (χ2n) is 0.655. The normalized spacial score (nSPS) is 10.0. The van der Waals surface area contributed by atoms with Gasteiger partial charge < -0.3 is 0 Å². The fourth-order valence-corrected chi connectivity index (χ4v) is 0.0959. The molecule has 0 aromatic heterocycles. The lowest BCUT2D eigenvalue weighted by molar-refractivity contribution is -0.365. The van der Waals surface area contributed by atoms with E-state index in [0.29, 0.717) is 0 Å². The molecular weight excluding hydrogens is 136 g/mol. The molecule has 0 saturated heterocycles. The number of hydrogen-bond acceptors (Lipinski definition) is 9. The lowest BCUT2D eigenvalue weighted by Crippen LogP contribution is -2.33.